The lowest BCUT2D eigenvalue weighted by molar-refractivity contribution is 0.0335. The lowest BCUT2D eigenvalue weighted by Crippen LogP contribution is -2.41. The van der Waals surface area contributed by atoms with Crippen LogP contribution in [0.5, 0.6) is 0 Å². The van der Waals surface area contributed by atoms with E-state index in [-0.39, 0.29) is 0 Å². The molecule has 0 bridgehead atoms. The van der Waals surface area contributed by atoms with E-state index in [1.807, 2.05) is 7.11 Å². The predicted octanol–water partition coefficient (Wildman–Crippen LogP) is 2.29. The van der Waals surface area contributed by atoms with Gasteiger partial charge in [-0.1, -0.05) is 15.9 Å². The van der Waals surface area contributed by atoms with Crippen LogP contribution in [0.15, 0.2) is 0 Å². The molecule has 0 amide bonds. The second-order valence-electron chi connectivity index (χ2n) is 4.67. The first-order valence-electron chi connectivity index (χ1n) is 6.03. The molecule has 0 radical (unpaired) electrons. The zero-order valence-corrected chi connectivity index (χ0v) is 12.2. The predicted molar refractivity (Wildman–Crippen MR) is 70.3 cm³/mol. The van der Waals surface area contributed by atoms with E-state index in [9.17, 15) is 0 Å². The molecule has 0 aromatic rings. The molecule has 1 fully saturated rings. The van der Waals surface area contributed by atoms with Crippen molar-refractivity contribution < 1.29 is 9.47 Å². The summed E-state index contributed by atoms with van der Waals surface area (Å²) >= 11 is 3.64. The van der Waals surface area contributed by atoms with Crippen LogP contribution in [-0.2, 0) is 9.47 Å². The monoisotopic (exact) mass is 293 g/mol. The fourth-order valence-electron chi connectivity index (χ4n) is 2.43. The molecule has 1 aliphatic rings. The standard InChI is InChI=1S/C12H24BrNO2/c1-14(8-10(13)9-15-2)11-5-4-6-12(7-11)16-3/h10-12H,4-9H2,1-3H3. The van der Waals surface area contributed by atoms with Crippen molar-refractivity contribution in [1.82, 2.24) is 4.90 Å². The molecule has 0 N–H and O–H groups in total. The van der Waals surface area contributed by atoms with Crippen LogP contribution in [0.4, 0.5) is 0 Å². The van der Waals surface area contributed by atoms with E-state index in [4.69, 9.17) is 9.47 Å². The first-order chi connectivity index (χ1) is 7.67. The molecule has 0 aliphatic heterocycles. The molecule has 3 atom stereocenters. The maximum Gasteiger partial charge on any atom is 0.0600 e. The van der Waals surface area contributed by atoms with E-state index in [1.165, 1.54) is 25.7 Å². The van der Waals surface area contributed by atoms with E-state index in [0.29, 0.717) is 17.0 Å². The molecule has 1 saturated carbocycles. The lowest BCUT2D eigenvalue weighted by Gasteiger charge is -2.35. The number of ether oxygens (including phenoxy) is 2. The second-order valence-corrected chi connectivity index (χ2v) is 5.97. The molecule has 96 valence electrons. The van der Waals surface area contributed by atoms with Gasteiger partial charge in [0.05, 0.1) is 17.5 Å². The minimum Gasteiger partial charge on any atom is -0.383 e. The highest BCUT2D eigenvalue weighted by Crippen LogP contribution is 2.24. The molecule has 4 heteroatoms. The summed E-state index contributed by atoms with van der Waals surface area (Å²) in [5.74, 6) is 0. The van der Waals surface area contributed by atoms with Gasteiger partial charge in [-0.25, -0.2) is 0 Å². The molecule has 1 aliphatic carbocycles. The first-order valence-corrected chi connectivity index (χ1v) is 6.95. The van der Waals surface area contributed by atoms with Gasteiger partial charge >= 0.3 is 0 Å². The Morgan fingerprint density at radius 3 is 2.75 bits per heavy atom. The number of methoxy groups -OCH3 is 2. The molecule has 3 nitrogen and oxygen atoms in total. The summed E-state index contributed by atoms with van der Waals surface area (Å²) < 4.78 is 10.6. The number of rotatable bonds is 6. The van der Waals surface area contributed by atoms with Crippen LogP contribution >= 0.6 is 15.9 Å². The Balaban J connectivity index is 2.32. The maximum absolute atomic E-state index is 5.46. The maximum atomic E-state index is 5.46. The van der Waals surface area contributed by atoms with E-state index in [0.717, 1.165) is 13.2 Å². The van der Waals surface area contributed by atoms with Gasteiger partial charge in [-0.3, -0.25) is 0 Å². The summed E-state index contributed by atoms with van der Waals surface area (Å²) in [5.41, 5.74) is 0. The zero-order chi connectivity index (χ0) is 12.0. The lowest BCUT2D eigenvalue weighted by atomic mass is 9.92. The Hall–Kier alpha value is 0.360. The van der Waals surface area contributed by atoms with Gasteiger partial charge in [-0.15, -0.1) is 0 Å². The molecule has 1 rings (SSSR count). The molecule has 0 aromatic carbocycles. The Morgan fingerprint density at radius 2 is 2.12 bits per heavy atom. The Morgan fingerprint density at radius 1 is 1.38 bits per heavy atom. The number of halogens is 1. The summed E-state index contributed by atoms with van der Waals surface area (Å²) in [6.07, 6.45) is 5.42. The average molecular weight is 294 g/mol. The van der Waals surface area contributed by atoms with Crippen molar-refractivity contribution in [2.75, 3.05) is 34.4 Å². The van der Waals surface area contributed by atoms with Crippen LogP contribution in [0.2, 0.25) is 0 Å². The van der Waals surface area contributed by atoms with E-state index < -0.39 is 0 Å². The summed E-state index contributed by atoms with van der Waals surface area (Å²) in [4.78, 5) is 2.86. The Labute approximate surface area is 108 Å². The van der Waals surface area contributed by atoms with Crippen molar-refractivity contribution in [3.8, 4) is 0 Å². The molecular formula is C12H24BrNO2. The van der Waals surface area contributed by atoms with Crippen molar-refractivity contribution in [3.05, 3.63) is 0 Å². The van der Waals surface area contributed by atoms with Crippen LogP contribution in [0.3, 0.4) is 0 Å². The average Bonchev–Trinajstić information content (AvgIpc) is 2.29. The van der Waals surface area contributed by atoms with E-state index in [2.05, 4.69) is 27.9 Å². The van der Waals surface area contributed by atoms with Gasteiger partial charge < -0.3 is 14.4 Å². The van der Waals surface area contributed by atoms with Crippen molar-refractivity contribution >= 4 is 15.9 Å². The highest BCUT2D eigenvalue weighted by molar-refractivity contribution is 9.09. The smallest absolute Gasteiger partial charge is 0.0600 e. The van der Waals surface area contributed by atoms with Crippen molar-refractivity contribution in [2.45, 2.75) is 42.7 Å². The summed E-state index contributed by atoms with van der Waals surface area (Å²) in [5, 5.41) is 0. The van der Waals surface area contributed by atoms with Crippen LogP contribution in [0.25, 0.3) is 0 Å². The second kappa shape index (κ2) is 7.64. The number of nitrogens with zero attached hydrogens (tertiary/aromatic N) is 1. The molecule has 0 spiro atoms. The summed E-state index contributed by atoms with van der Waals surface area (Å²) in [7, 11) is 5.77. The third-order valence-electron chi connectivity index (χ3n) is 3.39. The SMILES string of the molecule is COCC(Br)CN(C)C1CCCC(OC)C1. The molecule has 16 heavy (non-hydrogen) atoms. The Kier molecular flexibility index (Phi) is 6.89. The summed E-state index contributed by atoms with van der Waals surface area (Å²) in [6.45, 7) is 1.81. The number of hydrogen-bond donors (Lipinski definition) is 0. The minimum atomic E-state index is 0.422. The minimum absolute atomic E-state index is 0.422. The van der Waals surface area contributed by atoms with Gasteiger partial charge in [0.15, 0.2) is 0 Å². The normalized spacial score (nSPS) is 28.3. The fraction of sp³-hybridized carbons (Fsp3) is 1.00. The fourth-order valence-corrected chi connectivity index (χ4v) is 3.15. The van der Waals surface area contributed by atoms with Gasteiger partial charge in [-0.05, 0) is 32.7 Å². The molecule has 3 unspecified atom stereocenters. The highest BCUT2D eigenvalue weighted by atomic mass is 79.9. The number of alkyl halides is 1. The Bertz CT molecular complexity index is 192. The molecule has 0 saturated heterocycles. The van der Waals surface area contributed by atoms with Crippen molar-refractivity contribution in [3.63, 3.8) is 0 Å². The summed E-state index contributed by atoms with van der Waals surface area (Å²) in [6, 6.07) is 0.663. The van der Waals surface area contributed by atoms with Gasteiger partial charge in [-0.2, -0.15) is 0 Å². The quantitative estimate of drug-likeness (QED) is 0.702. The van der Waals surface area contributed by atoms with Crippen molar-refractivity contribution in [2.24, 2.45) is 0 Å². The van der Waals surface area contributed by atoms with Crippen molar-refractivity contribution in [1.29, 1.82) is 0 Å². The van der Waals surface area contributed by atoms with Crippen LogP contribution < -0.4 is 0 Å². The van der Waals surface area contributed by atoms with Gasteiger partial charge in [0.2, 0.25) is 0 Å². The van der Waals surface area contributed by atoms with Crippen LogP contribution in [-0.4, -0.2) is 56.3 Å². The topological polar surface area (TPSA) is 21.7 Å². The first kappa shape index (κ1) is 14.4. The number of hydrogen-bond acceptors (Lipinski definition) is 3. The third kappa shape index (κ3) is 4.70. The van der Waals surface area contributed by atoms with Gasteiger partial charge in [0.1, 0.15) is 0 Å². The van der Waals surface area contributed by atoms with E-state index in [1.54, 1.807) is 7.11 Å². The molecule has 0 heterocycles. The van der Waals surface area contributed by atoms with E-state index >= 15 is 0 Å². The van der Waals surface area contributed by atoms with Crippen LogP contribution in [0.1, 0.15) is 25.7 Å². The zero-order valence-electron chi connectivity index (χ0n) is 10.6. The largest absolute Gasteiger partial charge is 0.383 e. The van der Waals surface area contributed by atoms with Crippen LogP contribution in [0, 0.1) is 0 Å². The third-order valence-corrected chi connectivity index (χ3v) is 3.94. The van der Waals surface area contributed by atoms with Gasteiger partial charge in [0.25, 0.3) is 0 Å². The highest BCUT2D eigenvalue weighted by Gasteiger charge is 2.25. The molecular weight excluding hydrogens is 270 g/mol. The van der Waals surface area contributed by atoms with Gasteiger partial charge in [0, 0.05) is 26.8 Å². The molecule has 0 aromatic heterocycles.